The number of carbonyl (C=O) groups is 1. The molecule has 80 valence electrons. The van der Waals surface area contributed by atoms with E-state index in [1.807, 2.05) is 0 Å². The molecule has 0 heterocycles. The number of rotatable bonds is 6. The van der Waals surface area contributed by atoms with Gasteiger partial charge in [0.2, 0.25) is 0 Å². The fraction of sp³-hybridized carbons (Fsp3) is 0.750. The van der Waals surface area contributed by atoms with Gasteiger partial charge in [-0.3, -0.25) is 4.65 Å². The van der Waals surface area contributed by atoms with Crippen LogP contribution in [0.3, 0.4) is 0 Å². The van der Waals surface area contributed by atoms with E-state index in [1.54, 1.807) is 0 Å². The van der Waals surface area contributed by atoms with Crippen molar-refractivity contribution in [2.24, 2.45) is 0 Å². The average Bonchev–Trinajstić information content (AvgIpc) is 1.76. The summed E-state index contributed by atoms with van der Waals surface area (Å²) < 4.78 is 18.6. The minimum absolute atomic E-state index is 1.05. The van der Waals surface area contributed by atoms with Crippen LogP contribution in [0.4, 0.5) is 0 Å². The largest absolute Gasteiger partial charge is 0.626 e. The zero-order valence-electron chi connectivity index (χ0n) is 6.86. The fourth-order valence-electron chi connectivity index (χ4n) is 0.812. The molecule has 0 saturated carbocycles. The highest BCUT2D eigenvalue weighted by molar-refractivity contribution is 7.37. The van der Waals surface area contributed by atoms with Crippen LogP contribution in [0.5, 0.6) is 0 Å². The zero-order valence-corrected chi connectivity index (χ0v) is 8.65. The van der Waals surface area contributed by atoms with Gasteiger partial charge in [-0.05, 0) is 0 Å². The van der Waals surface area contributed by atoms with E-state index in [4.69, 9.17) is 5.11 Å². The van der Waals surface area contributed by atoms with E-state index in [1.165, 1.54) is 0 Å². The van der Waals surface area contributed by atoms with Crippen LogP contribution in [0.2, 0.25) is 0 Å². The van der Waals surface area contributed by atoms with Crippen LogP contribution < -0.4 is 9.79 Å². The van der Waals surface area contributed by atoms with Gasteiger partial charge in [0.25, 0.3) is 12.6 Å². The smallest absolute Gasteiger partial charge is 0.370 e. The van der Waals surface area contributed by atoms with Gasteiger partial charge < -0.3 is 20.1 Å². The van der Waals surface area contributed by atoms with Crippen molar-refractivity contribution in [2.45, 2.75) is 0 Å². The Morgan fingerprint density at radius 3 is 1.79 bits per heavy atom. The molecule has 8 nitrogen and oxygen atoms in total. The molecule has 0 aromatic rings. The lowest BCUT2D eigenvalue weighted by molar-refractivity contribution is -0.851. The normalized spacial score (nSPS) is 17.1. The summed E-state index contributed by atoms with van der Waals surface area (Å²) in [7, 11) is -6.24. The van der Waals surface area contributed by atoms with E-state index >= 15 is 0 Å². The molecule has 2 atom stereocenters. The van der Waals surface area contributed by atoms with Crippen molar-refractivity contribution in [2.75, 3.05) is 19.1 Å². The predicted octanol–water partition coefficient (Wildman–Crippen LogP) is -1.49. The van der Waals surface area contributed by atoms with Gasteiger partial charge in [-0.15, -0.1) is 0 Å². The molecule has 0 bridgehead atoms. The number of hydrogen-bond donors (Lipinski definition) is 1. The van der Waals surface area contributed by atoms with Crippen molar-refractivity contribution < 1.29 is 33.5 Å². The van der Waals surface area contributed by atoms with Gasteiger partial charge >= 0.3 is 22.0 Å². The minimum Gasteiger partial charge on any atom is -0.626 e. The molecule has 0 amide bonds. The van der Waals surface area contributed by atoms with Crippen molar-refractivity contribution in [3.63, 3.8) is 0 Å². The van der Waals surface area contributed by atoms with Gasteiger partial charge in [0.05, 0.1) is 0 Å². The molecule has 0 spiro atoms. The van der Waals surface area contributed by atoms with Crippen LogP contribution >= 0.6 is 16.1 Å². The SMILES string of the molecule is O=C(O)C[N+]([O-])(C[P+](=O)[O-])C[P+](=O)[O-]. The highest BCUT2D eigenvalue weighted by Gasteiger charge is 2.31. The third-order valence-corrected chi connectivity index (χ3v) is 2.66. The lowest BCUT2D eigenvalue weighted by Gasteiger charge is -2.33. The predicted molar refractivity (Wildman–Crippen MR) is 41.1 cm³/mol. The van der Waals surface area contributed by atoms with Crippen LogP contribution in [-0.4, -0.2) is 34.8 Å². The van der Waals surface area contributed by atoms with Crippen molar-refractivity contribution in [1.29, 1.82) is 0 Å². The number of carboxylic acids is 1. The van der Waals surface area contributed by atoms with Crippen molar-refractivity contribution in [3.8, 4) is 0 Å². The Kier molecular flexibility index (Phi) is 5.22. The number of hydroxylamine groups is 3. The van der Waals surface area contributed by atoms with E-state index < -0.39 is 45.8 Å². The summed E-state index contributed by atoms with van der Waals surface area (Å²) in [4.78, 5) is 30.6. The maximum atomic E-state index is 11.3. The molecule has 0 aromatic carbocycles. The summed E-state index contributed by atoms with van der Waals surface area (Å²) in [5.41, 5.74) is 0. The van der Waals surface area contributed by atoms with Gasteiger partial charge in [-0.2, -0.15) is 0 Å². The molecule has 0 aliphatic carbocycles. The summed E-state index contributed by atoms with van der Waals surface area (Å²) in [5, 5.41) is 19.6. The first-order chi connectivity index (χ1) is 6.25. The second-order valence-corrected chi connectivity index (χ2v) is 4.45. The van der Waals surface area contributed by atoms with Crippen molar-refractivity contribution >= 4 is 22.0 Å². The van der Waals surface area contributed by atoms with E-state index in [-0.39, 0.29) is 0 Å². The Morgan fingerprint density at radius 1 is 1.21 bits per heavy atom. The van der Waals surface area contributed by atoms with Crippen LogP contribution in [0.25, 0.3) is 0 Å². The molecule has 0 saturated heterocycles. The molecule has 0 aliphatic heterocycles. The van der Waals surface area contributed by atoms with Gasteiger partial charge in [-0.25, -0.2) is 4.79 Å². The first kappa shape index (κ1) is 13.5. The third-order valence-electron chi connectivity index (χ3n) is 1.17. The highest BCUT2D eigenvalue weighted by atomic mass is 31.1. The first-order valence-corrected chi connectivity index (χ1v) is 6.00. The second-order valence-electron chi connectivity index (χ2n) is 2.56. The molecule has 0 aliphatic rings. The summed E-state index contributed by atoms with van der Waals surface area (Å²) in [6, 6.07) is 0. The maximum absolute atomic E-state index is 11.3. The molecule has 0 aromatic heterocycles. The minimum atomic E-state index is -3.12. The average molecular weight is 243 g/mol. The van der Waals surface area contributed by atoms with Crippen LogP contribution in [0.15, 0.2) is 0 Å². The highest BCUT2D eigenvalue weighted by Crippen LogP contribution is 2.23. The quantitative estimate of drug-likeness (QED) is 0.340. The second kappa shape index (κ2) is 5.41. The van der Waals surface area contributed by atoms with Crippen molar-refractivity contribution in [3.05, 3.63) is 5.21 Å². The number of nitrogens with zero attached hydrogens (tertiary/aromatic N) is 1. The number of carboxylic acid groups (broad SMARTS) is 1. The van der Waals surface area contributed by atoms with Crippen molar-refractivity contribution in [1.82, 2.24) is 0 Å². The molecule has 10 heteroatoms. The van der Waals surface area contributed by atoms with E-state index in [0.717, 1.165) is 0 Å². The fourth-order valence-corrected chi connectivity index (χ4v) is 2.21. The topological polar surface area (TPSA) is 141 Å². The Hall–Kier alpha value is -0.490. The third kappa shape index (κ3) is 6.04. The molecule has 1 N–H and O–H groups in total. The summed E-state index contributed by atoms with van der Waals surface area (Å²) >= 11 is 0. The molecule has 14 heavy (non-hydrogen) atoms. The van der Waals surface area contributed by atoms with E-state index in [9.17, 15) is 28.9 Å². The van der Waals surface area contributed by atoms with Gasteiger partial charge in [0.15, 0.2) is 6.54 Å². The van der Waals surface area contributed by atoms with Crippen LogP contribution in [0, 0.1) is 5.21 Å². The Labute approximate surface area is 80.7 Å². The van der Waals surface area contributed by atoms with Gasteiger partial charge in [0, 0.05) is 0 Å². The van der Waals surface area contributed by atoms with Gasteiger partial charge in [-0.1, -0.05) is 9.13 Å². The molecule has 0 radical (unpaired) electrons. The number of aliphatic carboxylic acids is 1. The monoisotopic (exact) mass is 243 g/mol. The summed E-state index contributed by atoms with van der Waals surface area (Å²) in [6.45, 7) is -1.09. The Morgan fingerprint density at radius 2 is 1.57 bits per heavy atom. The lowest BCUT2D eigenvalue weighted by Crippen LogP contribution is -2.46. The summed E-state index contributed by atoms with van der Waals surface area (Å²) in [5.74, 6) is -1.55. The van der Waals surface area contributed by atoms with Crippen LogP contribution in [0.1, 0.15) is 0 Å². The first-order valence-electron chi connectivity index (χ1n) is 3.28. The lowest BCUT2D eigenvalue weighted by atomic mass is 10.6. The molecular weight excluding hydrogens is 236 g/mol. The molecule has 0 rings (SSSR count). The van der Waals surface area contributed by atoms with E-state index in [2.05, 4.69) is 0 Å². The number of quaternary nitrogens is 1. The standard InChI is InChI=1S/C4H7NO7P2/c6-4(7)1-5(8,2-13(9)10)3-14(11)12/h1-3H2,(H,6,7). The van der Waals surface area contributed by atoms with E-state index in [0.29, 0.717) is 0 Å². The zero-order chi connectivity index (χ0) is 11.4. The Bertz CT molecular complexity index is 226. The molecular formula is C4H7NO7P2. The maximum Gasteiger partial charge on any atom is 0.370 e. The molecule has 2 unspecified atom stereocenters. The number of hydrogen-bond acceptors (Lipinski definition) is 6. The Balaban J connectivity index is 4.56. The van der Waals surface area contributed by atoms with Crippen LogP contribution in [-0.2, 0) is 13.9 Å². The van der Waals surface area contributed by atoms with Gasteiger partial charge in [0.1, 0.15) is 0 Å². The summed E-state index contributed by atoms with van der Waals surface area (Å²) in [6.07, 6.45) is -2.10. The molecule has 0 fully saturated rings.